The molecule has 3 atom stereocenters. The van der Waals surface area contributed by atoms with Crippen molar-refractivity contribution in [3.05, 3.63) is 125 Å². The van der Waals surface area contributed by atoms with Crippen molar-refractivity contribution in [1.29, 1.82) is 5.26 Å². The summed E-state index contributed by atoms with van der Waals surface area (Å²) >= 11 is 4.54. The molecule has 0 spiro atoms. The Kier molecular flexibility index (Phi) is 5.37. The van der Waals surface area contributed by atoms with Crippen LogP contribution in [0.25, 0.3) is 10.8 Å². The SMILES string of the molecule is N#CC1=C(S)N[C@@](O)(c2ccccc2)[C@H]([n+]2ccc3ccccc3c2)[C@@H]1c1ccc(F)cc1. The number of allylic oxidation sites excluding steroid dienone is 1. The predicted molar refractivity (Wildman–Crippen MR) is 127 cm³/mol. The topological polar surface area (TPSA) is 59.9 Å². The zero-order chi connectivity index (χ0) is 23.0. The Morgan fingerprint density at radius 1 is 0.939 bits per heavy atom. The van der Waals surface area contributed by atoms with Crippen molar-refractivity contribution in [2.75, 3.05) is 0 Å². The molecule has 0 amide bonds. The van der Waals surface area contributed by atoms with Gasteiger partial charge in [-0.05, 0) is 29.1 Å². The van der Waals surface area contributed by atoms with Gasteiger partial charge in [0.15, 0.2) is 12.4 Å². The molecule has 0 aliphatic carbocycles. The van der Waals surface area contributed by atoms with Crippen molar-refractivity contribution < 1.29 is 14.1 Å². The molecule has 6 heteroatoms. The van der Waals surface area contributed by atoms with E-state index < -0.39 is 17.7 Å². The summed E-state index contributed by atoms with van der Waals surface area (Å²) in [4.78, 5) is 0. The predicted octanol–water partition coefficient (Wildman–Crippen LogP) is 4.70. The quantitative estimate of drug-likeness (QED) is 0.311. The third kappa shape index (κ3) is 3.66. The summed E-state index contributed by atoms with van der Waals surface area (Å²) < 4.78 is 15.7. The number of fused-ring (bicyclic) bond motifs is 1. The number of rotatable bonds is 3. The number of halogens is 1. The first kappa shape index (κ1) is 21.2. The highest BCUT2D eigenvalue weighted by molar-refractivity contribution is 7.84. The van der Waals surface area contributed by atoms with Crippen molar-refractivity contribution in [2.45, 2.75) is 17.7 Å². The van der Waals surface area contributed by atoms with Crippen LogP contribution in [0.3, 0.4) is 0 Å². The Hall–Kier alpha value is -3.66. The van der Waals surface area contributed by atoms with E-state index in [0.29, 0.717) is 16.7 Å². The number of nitrogens with one attached hydrogen (secondary N) is 1. The number of nitriles is 1. The lowest BCUT2D eigenvalue weighted by atomic mass is 9.75. The lowest BCUT2D eigenvalue weighted by Gasteiger charge is -2.42. The van der Waals surface area contributed by atoms with Crippen molar-refractivity contribution in [1.82, 2.24) is 5.32 Å². The van der Waals surface area contributed by atoms with Crippen LogP contribution in [0.4, 0.5) is 4.39 Å². The van der Waals surface area contributed by atoms with Crippen LogP contribution < -0.4 is 9.88 Å². The van der Waals surface area contributed by atoms with Crippen LogP contribution in [0.15, 0.2) is 108 Å². The summed E-state index contributed by atoms with van der Waals surface area (Å²) in [5.41, 5.74) is 0.119. The van der Waals surface area contributed by atoms with E-state index in [1.807, 2.05) is 77.6 Å². The molecule has 0 unspecified atom stereocenters. The van der Waals surface area contributed by atoms with E-state index in [2.05, 4.69) is 24.0 Å². The standard InChI is InChI=1S/C27H20FN3OS/c28-22-12-10-19(11-13-22)24-23(16-29)26(33)30-27(32,21-8-2-1-3-9-21)25(24)31-15-14-18-6-4-5-7-20(18)17-31/h1-15,17,24-25,30,32H/p+1/t24-,25-,27-/m1/s1. The lowest BCUT2D eigenvalue weighted by Crippen LogP contribution is -2.62. The second kappa shape index (κ2) is 8.36. The highest BCUT2D eigenvalue weighted by atomic mass is 32.1. The molecule has 2 heterocycles. The van der Waals surface area contributed by atoms with Crippen LogP contribution in [0, 0.1) is 17.1 Å². The van der Waals surface area contributed by atoms with Gasteiger partial charge in [0.05, 0.1) is 22.6 Å². The first-order chi connectivity index (χ1) is 16.0. The maximum atomic E-state index is 13.8. The van der Waals surface area contributed by atoms with Crippen molar-refractivity contribution in [3.8, 4) is 6.07 Å². The van der Waals surface area contributed by atoms with Crippen molar-refractivity contribution >= 4 is 23.4 Å². The van der Waals surface area contributed by atoms with Gasteiger partial charge < -0.3 is 10.4 Å². The van der Waals surface area contributed by atoms with Crippen molar-refractivity contribution in [2.24, 2.45) is 0 Å². The van der Waals surface area contributed by atoms with Gasteiger partial charge in [-0.15, -0.1) is 12.6 Å². The molecule has 0 saturated carbocycles. The van der Waals surface area contributed by atoms with Crippen LogP contribution in [0.5, 0.6) is 0 Å². The molecule has 4 aromatic rings. The van der Waals surface area contributed by atoms with Gasteiger partial charge in [0.2, 0.25) is 11.8 Å². The third-order valence-corrected chi connectivity index (χ3v) is 6.57. The first-order valence-corrected chi connectivity index (χ1v) is 11.0. The van der Waals surface area contributed by atoms with Crippen LogP contribution in [-0.2, 0) is 5.72 Å². The molecule has 1 aliphatic rings. The Morgan fingerprint density at radius 2 is 1.61 bits per heavy atom. The van der Waals surface area contributed by atoms with E-state index in [4.69, 9.17) is 0 Å². The minimum Gasteiger partial charge on any atom is -0.362 e. The van der Waals surface area contributed by atoms with Gasteiger partial charge in [-0.1, -0.05) is 60.7 Å². The zero-order valence-corrected chi connectivity index (χ0v) is 18.5. The summed E-state index contributed by atoms with van der Waals surface area (Å²) in [6, 6.07) is 26.8. The molecule has 0 bridgehead atoms. The number of nitrogens with zero attached hydrogens (tertiary/aromatic N) is 2. The fourth-order valence-electron chi connectivity index (χ4n) is 4.66. The largest absolute Gasteiger partial charge is 0.362 e. The molecule has 4 nitrogen and oxygen atoms in total. The molecule has 5 rings (SSSR count). The summed E-state index contributed by atoms with van der Waals surface area (Å²) in [6.07, 6.45) is 3.86. The van der Waals surface area contributed by atoms with Gasteiger partial charge in [0.25, 0.3) is 0 Å². The first-order valence-electron chi connectivity index (χ1n) is 10.6. The Morgan fingerprint density at radius 3 is 2.30 bits per heavy atom. The number of thiol groups is 1. The molecular formula is C27H21FN3OS+. The molecule has 1 aromatic heterocycles. The van der Waals surface area contributed by atoms with Gasteiger partial charge in [0.1, 0.15) is 5.82 Å². The molecule has 162 valence electrons. The molecule has 2 N–H and O–H groups in total. The summed E-state index contributed by atoms with van der Waals surface area (Å²) in [5.74, 6) is -0.949. The normalized spacial score (nSPS) is 22.6. The van der Waals surface area contributed by atoms with E-state index in [1.165, 1.54) is 12.1 Å². The molecular weight excluding hydrogens is 433 g/mol. The lowest BCUT2D eigenvalue weighted by molar-refractivity contribution is -0.742. The van der Waals surface area contributed by atoms with Crippen LogP contribution in [0.2, 0.25) is 0 Å². The van der Waals surface area contributed by atoms with Gasteiger partial charge in [-0.3, -0.25) is 0 Å². The summed E-state index contributed by atoms with van der Waals surface area (Å²) in [7, 11) is 0. The minimum absolute atomic E-state index is 0.288. The van der Waals surface area contributed by atoms with Gasteiger partial charge in [0, 0.05) is 17.0 Å². The van der Waals surface area contributed by atoms with Gasteiger partial charge in [-0.2, -0.15) is 9.83 Å². The minimum atomic E-state index is -1.59. The van der Waals surface area contributed by atoms with Crippen LogP contribution in [0.1, 0.15) is 23.1 Å². The fourth-order valence-corrected chi connectivity index (χ4v) is 5.02. The molecule has 3 aromatic carbocycles. The second-order valence-electron chi connectivity index (χ2n) is 8.13. The average molecular weight is 455 g/mol. The third-order valence-electron chi connectivity index (χ3n) is 6.21. The van der Waals surface area contributed by atoms with E-state index in [0.717, 1.165) is 10.8 Å². The van der Waals surface area contributed by atoms with Crippen LogP contribution >= 0.6 is 12.6 Å². The number of hydrogen-bond acceptors (Lipinski definition) is 4. The maximum absolute atomic E-state index is 13.8. The van der Waals surface area contributed by atoms with Gasteiger partial charge in [-0.25, -0.2) is 4.39 Å². The molecule has 0 radical (unpaired) electrons. The highest BCUT2D eigenvalue weighted by Gasteiger charge is 2.55. The Balaban J connectivity index is 1.80. The van der Waals surface area contributed by atoms with E-state index >= 15 is 0 Å². The molecule has 0 fully saturated rings. The average Bonchev–Trinajstić information content (AvgIpc) is 2.84. The molecule has 33 heavy (non-hydrogen) atoms. The van der Waals surface area contributed by atoms with E-state index in [1.54, 1.807) is 12.1 Å². The monoisotopic (exact) mass is 454 g/mol. The Bertz CT molecular complexity index is 1400. The number of benzene rings is 3. The maximum Gasteiger partial charge on any atom is 0.227 e. The zero-order valence-electron chi connectivity index (χ0n) is 17.6. The molecule has 1 aliphatic heterocycles. The highest BCUT2D eigenvalue weighted by Crippen LogP contribution is 2.47. The number of hydrogen-bond donors (Lipinski definition) is 3. The van der Waals surface area contributed by atoms with E-state index in [-0.39, 0.29) is 10.8 Å². The van der Waals surface area contributed by atoms with E-state index in [9.17, 15) is 14.8 Å². The Labute approximate surface area is 196 Å². The smallest absolute Gasteiger partial charge is 0.227 e. The van der Waals surface area contributed by atoms with Gasteiger partial charge >= 0.3 is 0 Å². The summed E-state index contributed by atoms with van der Waals surface area (Å²) in [6.45, 7) is 0. The summed E-state index contributed by atoms with van der Waals surface area (Å²) in [5, 5.41) is 27.7. The fraction of sp³-hybridized carbons (Fsp3) is 0.111. The molecule has 0 saturated heterocycles. The van der Waals surface area contributed by atoms with Crippen molar-refractivity contribution in [3.63, 3.8) is 0 Å². The number of pyridine rings is 1. The number of aliphatic hydroxyl groups is 1. The number of aromatic nitrogens is 1. The second-order valence-corrected chi connectivity index (χ2v) is 8.57. The van der Waals surface area contributed by atoms with Crippen LogP contribution in [-0.4, -0.2) is 5.11 Å².